The van der Waals surface area contributed by atoms with E-state index in [1.54, 1.807) is 6.07 Å². The molecule has 0 amide bonds. The van der Waals surface area contributed by atoms with Crippen molar-refractivity contribution in [2.75, 3.05) is 0 Å². The van der Waals surface area contributed by atoms with Gasteiger partial charge in [0, 0.05) is 17.9 Å². The van der Waals surface area contributed by atoms with Gasteiger partial charge in [0.2, 0.25) is 0 Å². The number of amidine groups is 1. The van der Waals surface area contributed by atoms with Gasteiger partial charge < -0.3 is 5.73 Å². The van der Waals surface area contributed by atoms with Crippen LogP contribution in [0.4, 0.5) is 4.39 Å². The van der Waals surface area contributed by atoms with Gasteiger partial charge in [0.1, 0.15) is 11.7 Å². The molecule has 1 aromatic rings. The maximum absolute atomic E-state index is 13.3. The number of benzene rings is 1. The molecule has 1 unspecified atom stereocenters. The molecule has 0 aliphatic carbocycles. The monoisotopic (exact) mass is 233 g/mol. The van der Waals surface area contributed by atoms with Crippen LogP contribution in [0, 0.1) is 18.7 Å². The minimum absolute atomic E-state index is 0.230. The van der Waals surface area contributed by atoms with Crippen LogP contribution in [-0.4, -0.2) is 11.5 Å². The lowest BCUT2D eigenvalue weighted by molar-refractivity contribution is 0.625. The molecule has 17 heavy (non-hydrogen) atoms. The molecule has 1 aromatic carbocycles. The third-order valence-electron chi connectivity index (χ3n) is 3.10. The fraction of sp³-hybridized carbons (Fsp3) is 0.385. The Balaban J connectivity index is 2.47. The highest BCUT2D eigenvalue weighted by Crippen LogP contribution is 2.23. The normalized spacial score (nSPS) is 19.8. The molecular formula is C13H16FN3. The van der Waals surface area contributed by atoms with E-state index in [1.165, 1.54) is 12.1 Å². The van der Waals surface area contributed by atoms with E-state index >= 15 is 0 Å². The predicted molar refractivity (Wildman–Crippen MR) is 67.7 cm³/mol. The van der Waals surface area contributed by atoms with Gasteiger partial charge in [0.05, 0.1) is 5.71 Å². The molecule has 1 aliphatic rings. The average molecular weight is 233 g/mol. The van der Waals surface area contributed by atoms with Crippen LogP contribution < -0.4 is 5.73 Å². The summed E-state index contributed by atoms with van der Waals surface area (Å²) in [5, 5.41) is 8.06. The molecule has 4 heteroatoms. The van der Waals surface area contributed by atoms with Crippen LogP contribution in [0.25, 0.3) is 0 Å². The van der Waals surface area contributed by atoms with Crippen molar-refractivity contribution in [3.8, 4) is 0 Å². The molecule has 0 spiro atoms. The zero-order valence-corrected chi connectivity index (χ0v) is 10.1. The first-order valence-electron chi connectivity index (χ1n) is 5.78. The molecular weight excluding hydrogens is 217 g/mol. The standard InChI is InChI=1S/C13H16FN3/c1-3-9-6-12(15)16-17-13(9)11-7-10(14)5-4-8(11)2/h4-5,7,9H,3,6H2,1-2H3,(H2,15,16). The fourth-order valence-corrected chi connectivity index (χ4v) is 2.07. The van der Waals surface area contributed by atoms with Crippen LogP contribution in [0.15, 0.2) is 28.4 Å². The third kappa shape index (κ3) is 2.35. The van der Waals surface area contributed by atoms with Gasteiger partial charge in [-0.25, -0.2) is 4.39 Å². The Bertz CT molecular complexity index is 491. The third-order valence-corrected chi connectivity index (χ3v) is 3.10. The van der Waals surface area contributed by atoms with Gasteiger partial charge in [0.25, 0.3) is 0 Å². The summed E-state index contributed by atoms with van der Waals surface area (Å²) in [4.78, 5) is 0. The molecule has 0 aromatic heterocycles. The first kappa shape index (κ1) is 11.8. The van der Waals surface area contributed by atoms with E-state index in [4.69, 9.17) is 5.73 Å². The summed E-state index contributed by atoms with van der Waals surface area (Å²) in [7, 11) is 0. The Morgan fingerprint density at radius 3 is 2.88 bits per heavy atom. The number of hydrogen-bond acceptors (Lipinski definition) is 3. The second kappa shape index (κ2) is 4.65. The van der Waals surface area contributed by atoms with Gasteiger partial charge in [-0.3, -0.25) is 0 Å². The molecule has 3 nitrogen and oxygen atoms in total. The zero-order chi connectivity index (χ0) is 12.4. The molecule has 90 valence electrons. The van der Waals surface area contributed by atoms with E-state index in [2.05, 4.69) is 17.1 Å². The number of aryl methyl sites for hydroxylation is 1. The summed E-state index contributed by atoms with van der Waals surface area (Å²) >= 11 is 0. The van der Waals surface area contributed by atoms with Gasteiger partial charge in [0.15, 0.2) is 0 Å². The van der Waals surface area contributed by atoms with Crippen molar-refractivity contribution in [1.82, 2.24) is 0 Å². The van der Waals surface area contributed by atoms with Crippen molar-refractivity contribution >= 4 is 11.5 Å². The van der Waals surface area contributed by atoms with Gasteiger partial charge in [-0.15, -0.1) is 5.10 Å². The van der Waals surface area contributed by atoms with E-state index in [0.717, 1.165) is 23.3 Å². The maximum atomic E-state index is 13.3. The second-order valence-corrected chi connectivity index (χ2v) is 4.35. The predicted octanol–water partition coefficient (Wildman–Crippen LogP) is 2.63. The van der Waals surface area contributed by atoms with Crippen molar-refractivity contribution in [3.05, 3.63) is 35.1 Å². The molecule has 0 saturated carbocycles. The van der Waals surface area contributed by atoms with Crippen molar-refractivity contribution in [2.24, 2.45) is 21.9 Å². The lowest BCUT2D eigenvalue weighted by Crippen LogP contribution is -2.27. The second-order valence-electron chi connectivity index (χ2n) is 4.35. The molecule has 1 atom stereocenters. The minimum Gasteiger partial charge on any atom is -0.386 e. The van der Waals surface area contributed by atoms with Gasteiger partial charge in [-0.2, -0.15) is 5.10 Å². The van der Waals surface area contributed by atoms with Crippen LogP contribution >= 0.6 is 0 Å². The van der Waals surface area contributed by atoms with Crippen LogP contribution in [0.3, 0.4) is 0 Å². The Morgan fingerprint density at radius 2 is 2.18 bits per heavy atom. The van der Waals surface area contributed by atoms with E-state index in [0.29, 0.717) is 12.3 Å². The lowest BCUT2D eigenvalue weighted by Gasteiger charge is -2.21. The first-order valence-corrected chi connectivity index (χ1v) is 5.78. The van der Waals surface area contributed by atoms with Crippen LogP contribution in [0.5, 0.6) is 0 Å². The van der Waals surface area contributed by atoms with Crippen molar-refractivity contribution in [1.29, 1.82) is 0 Å². The lowest BCUT2D eigenvalue weighted by atomic mass is 9.88. The summed E-state index contributed by atoms with van der Waals surface area (Å²) in [6.07, 6.45) is 1.62. The van der Waals surface area contributed by atoms with Crippen molar-refractivity contribution < 1.29 is 4.39 Å². The molecule has 2 rings (SSSR count). The van der Waals surface area contributed by atoms with Crippen LogP contribution in [0.2, 0.25) is 0 Å². The quantitative estimate of drug-likeness (QED) is 0.838. The number of rotatable bonds is 2. The highest BCUT2D eigenvalue weighted by Gasteiger charge is 2.22. The Hall–Kier alpha value is -1.71. The van der Waals surface area contributed by atoms with Gasteiger partial charge >= 0.3 is 0 Å². The van der Waals surface area contributed by atoms with E-state index in [-0.39, 0.29) is 11.7 Å². The minimum atomic E-state index is -0.245. The highest BCUT2D eigenvalue weighted by molar-refractivity contribution is 6.06. The van der Waals surface area contributed by atoms with Crippen LogP contribution in [0.1, 0.15) is 30.9 Å². The number of hydrogen-bond donors (Lipinski definition) is 1. The molecule has 1 aliphatic heterocycles. The smallest absolute Gasteiger partial charge is 0.123 e. The average Bonchev–Trinajstić information content (AvgIpc) is 2.32. The summed E-state index contributed by atoms with van der Waals surface area (Å²) < 4.78 is 13.3. The van der Waals surface area contributed by atoms with E-state index < -0.39 is 0 Å². The summed E-state index contributed by atoms with van der Waals surface area (Å²) in [6, 6.07) is 4.75. The number of halogens is 1. The highest BCUT2D eigenvalue weighted by atomic mass is 19.1. The summed E-state index contributed by atoms with van der Waals surface area (Å²) in [6.45, 7) is 4.03. The van der Waals surface area contributed by atoms with Crippen LogP contribution in [-0.2, 0) is 0 Å². The Morgan fingerprint density at radius 1 is 1.41 bits per heavy atom. The maximum Gasteiger partial charge on any atom is 0.123 e. The van der Waals surface area contributed by atoms with Gasteiger partial charge in [-0.1, -0.05) is 13.0 Å². The summed E-state index contributed by atoms with van der Waals surface area (Å²) in [5.74, 6) is 0.535. The largest absolute Gasteiger partial charge is 0.386 e. The molecule has 1 heterocycles. The molecule has 2 N–H and O–H groups in total. The molecule has 0 bridgehead atoms. The summed E-state index contributed by atoms with van der Waals surface area (Å²) in [5.41, 5.74) is 8.38. The van der Waals surface area contributed by atoms with Crippen molar-refractivity contribution in [2.45, 2.75) is 26.7 Å². The zero-order valence-electron chi connectivity index (χ0n) is 10.1. The topological polar surface area (TPSA) is 50.7 Å². The molecule has 0 saturated heterocycles. The molecule has 0 radical (unpaired) electrons. The van der Waals surface area contributed by atoms with Crippen molar-refractivity contribution in [3.63, 3.8) is 0 Å². The molecule has 0 fully saturated rings. The first-order chi connectivity index (χ1) is 8.11. The number of nitrogens with two attached hydrogens (primary N) is 1. The Labute approximate surface area is 100 Å². The van der Waals surface area contributed by atoms with Gasteiger partial charge in [-0.05, 0) is 31.0 Å². The van der Waals surface area contributed by atoms with E-state index in [1.807, 2.05) is 6.92 Å². The number of nitrogens with zero attached hydrogens (tertiary/aromatic N) is 2. The fourth-order valence-electron chi connectivity index (χ4n) is 2.07. The Kier molecular flexibility index (Phi) is 3.22. The SMILES string of the molecule is CCC1CC(N)=NN=C1c1cc(F)ccc1C. The van der Waals surface area contributed by atoms with E-state index in [9.17, 15) is 4.39 Å².